The van der Waals surface area contributed by atoms with Crippen LogP contribution in [-0.2, 0) is 0 Å². The lowest BCUT2D eigenvalue weighted by molar-refractivity contribution is 0.570. The number of nitrogens with one attached hydrogen (secondary N) is 2. The number of hydrogen-bond donors (Lipinski definition) is 6. The van der Waals surface area contributed by atoms with Crippen LogP contribution in [0.5, 0.6) is 0 Å². The second-order valence-corrected chi connectivity index (χ2v) is 4.78. The quantitative estimate of drug-likeness (QED) is 0.235. The van der Waals surface area contributed by atoms with Crippen LogP contribution < -0.4 is 33.6 Å². The molecule has 0 aromatic carbocycles. The van der Waals surface area contributed by atoms with Crippen LogP contribution in [0.2, 0.25) is 0 Å². The van der Waals surface area contributed by atoms with Crippen LogP contribution in [-0.4, -0.2) is 52.4 Å². The van der Waals surface area contributed by atoms with Gasteiger partial charge in [-0.2, -0.15) is 0 Å². The van der Waals surface area contributed by atoms with Crippen molar-refractivity contribution in [2.24, 2.45) is 22.9 Å². The second-order valence-electron chi connectivity index (χ2n) is 4.78. The van der Waals surface area contributed by atoms with E-state index in [9.17, 15) is 0 Å². The second kappa shape index (κ2) is 23.8. The van der Waals surface area contributed by atoms with E-state index in [1.165, 1.54) is 12.8 Å². The topological polar surface area (TPSA) is 128 Å². The molecule has 0 aromatic rings. The van der Waals surface area contributed by atoms with Crippen molar-refractivity contribution < 1.29 is 0 Å². The van der Waals surface area contributed by atoms with Crippen LogP contribution >= 0.6 is 0 Å². The Morgan fingerprint density at radius 1 is 0.400 bits per heavy atom. The standard InChI is InChI=1S/C10H26N4.C4H12N2/c11-5-3-9-13-7-1-2-8-14-10-4-6-12;5-3-1-2-4-6/h13-14H,1-12H2;1-6H2. The zero-order valence-corrected chi connectivity index (χ0v) is 13.2. The lowest BCUT2D eigenvalue weighted by atomic mass is 10.3. The average molecular weight is 291 g/mol. The monoisotopic (exact) mass is 290 g/mol. The van der Waals surface area contributed by atoms with Gasteiger partial charge in [0.05, 0.1) is 0 Å². The minimum Gasteiger partial charge on any atom is -0.330 e. The van der Waals surface area contributed by atoms with E-state index in [4.69, 9.17) is 22.9 Å². The first kappa shape index (κ1) is 22.0. The number of hydrogen-bond acceptors (Lipinski definition) is 6. The molecule has 6 nitrogen and oxygen atoms in total. The van der Waals surface area contributed by atoms with Crippen molar-refractivity contribution in [1.82, 2.24) is 10.6 Å². The van der Waals surface area contributed by atoms with Crippen molar-refractivity contribution in [1.29, 1.82) is 0 Å². The smallest absolute Gasteiger partial charge is 0.00369 e. The third-order valence-electron chi connectivity index (χ3n) is 2.73. The molecular weight excluding hydrogens is 252 g/mol. The van der Waals surface area contributed by atoms with Gasteiger partial charge in [-0.15, -0.1) is 0 Å². The molecule has 0 unspecified atom stereocenters. The molecular formula is C14H38N6. The first-order valence-electron chi connectivity index (χ1n) is 8.05. The lowest BCUT2D eigenvalue weighted by Crippen LogP contribution is -2.22. The molecule has 0 saturated carbocycles. The van der Waals surface area contributed by atoms with E-state index in [2.05, 4.69) is 10.6 Å². The molecule has 6 heteroatoms. The number of nitrogens with two attached hydrogens (primary N) is 4. The molecule has 0 aliphatic rings. The normalized spacial score (nSPS) is 10.2. The Kier molecular flexibility index (Phi) is 26.3. The van der Waals surface area contributed by atoms with Gasteiger partial charge < -0.3 is 33.6 Å². The number of rotatable bonds is 14. The van der Waals surface area contributed by atoms with Gasteiger partial charge in [-0.25, -0.2) is 0 Å². The molecule has 0 fully saturated rings. The Labute approximate surface area is 125 Å². The lowest BCUT2D eigenvalue weighted by Gasteiger charge is -2.04. The van der Waals surface area contributed by atoms with Crippen LogP contribution in [0.1, 0.15) is 38.5 Å². The molecule has 0 radical (unpaired) electrons. The van der Waals surface area contributed by atoms with Crippen LogP contribution in [0.15, 0.2) is 0 Å². The van der Waals surface area contributed by atoms with Crippen LogP contribution in [0.4, 0.5) is 0 Å². The van der Waals surface area contributed by atoms with Crippen LogP contribution in [0.3, 0.4) is 0 Å². The van der Waals surface area contributed by atoms with Gasteiger partial charge in [-0.05, 0) is 90.9 Å². The fourth-order valence-electron chi connectivity index (χ4n) is 1.49. The van der Waals surface area contributed by atoms with Gasteiger partial charge in [0.2, 0.25) is 0 Å². The van der Waals surface area contributed by atoms with Crippen LogP contribution in [0.25, 0.3) is 0 Å². The minimum atomic E-state index is 0.775. The summed E-state index contributed by atoms with van der Waals surface area (Å²) in [5.74, 6) is 0. The molecule has 0 spiro atoms. The van der Waals surface area contributed by atoms with E-state index in [1.807, 2.05) is 0 Å². The highest BCUT2D eigenvalue weighted by atomic mass is 14.9. The summed E-state index contributed by atoms with van der Waals surface area (Å²) in [6.45, 7) is 7.45. The van der Waals surface area contributed by atoms with E-state index in [0.717, 1.165) is 78.0 Å². The highest BCUT2D eigenvalue weighted by Gasteiger charge is 1.89. The van der Waals surface area contributed by atoms with E-state index in [0.29, 0.717) is 0 Å². The molecule has 0 saturated heterocycles. The van der Waals surface area contributed by atoms with Gasteiger partial charge in [0.15, 0.2) is 0 Å². The summed E-state index contributed by atoms with van der Waals surface area (Å²) in [6, 6.07) is 0. The molecule has 0 heterocycles. The van der Waals surface area contributed by atoms with E-state index >= 15 is 0 Å². The predicted molar refractivity (Wildman–Crippen MR) is 89.7 cm³/mol. The predicted octanol–water partition coefficient (Wildman–Crippen LogP) is -0.673. The summed E-state index contributed by atoms with van der Waals surface area (Å²) in [4.78, 5) is 0. The Hall–Kier alpha value is -0.240. The molecule has 10 N–H and O–H groups in total. The molecule has 0 rings (SSSR count). The molecule has 0 aliphatic carbocycles. The maximum atomic E-state index is 5.38. The average Bonchev–Trinajstić information content (AvgIpc) is 2.48. The zero-order chi connectivity index (χ0) is 15.3. The van der Waals surface area contributed by atoms with E-state index in [-0.39, 0.29) is 0 Å². The molecule has 0 amide bonds. The zero-order valence-electron chi connectivity index (χ0n) is 13.2. The van der Waals surface area contributed by atoms with E-state index < -0.39 is 0 Å². The summed E-state index contributed by atoms with van der Waals surface area (Å²) in [7, 11) is 0. The minimum absolute atomic E-state index is 0.775. The van der Waals surface area contributed by atoms with E-state index in [1.54, 1.807) is 0 Å². The van der Waals surface area contributed by atoms with Gasteiger partial charge in [-0.3, -0.25) is 0 Å². The van der Waals surface area contributed by atoms with Crippen LogP contribution in [0, 0.1) is 0 Å². The highest BCUT2D eigenvalue weighted by Crippen LogP contribution is 1.85. The van der Waals surface area contributed by atoms with Crippen molar-refractivity contribution in [2.45, 2.75) is 38.5 Å². The molecule has 0 aliphatic heterocycles. The molecule has 124 valence electrons. The summed E-state index contributed by atoms with van der Waals surface area (Å²) in [5, 5.41) is 6.72. The van der Waals surface area contributed by atoms with Crippen molar-refractivity contribution in [2.75, 3.05) is 52.4 Å². The summed E-state index contributed by atoms with van der Waals surface area (Å²) in [6.07, 6.45) is 6.76. The first-order valence-corrected chi connectivity index (χ1v) is 8.05. The van der Waals surface area contributed by atoms with Gasteiger partial charge in [-0.1, -0.05) is 0 Å². The Morgan fingerprint density at radius 3 is 1.00 bits per heavy atom. The van der Waals surface area contributed by atoms with Crippen molar-refractivity contribution in [3.63, 3.8) is 0 Å². The highest BCUT2D eigenvalue weighted by molar-refractivity contribution is 4.52. The SMILES string of the molecule is NCCCCN.NCCCNCCCCNCCCN. The van der Waals surface area contributed by atoms with Gasteiger partial charge in [0.25, 0.3) is 0 Å². The largest absolute Gasteiger partial charge is 0.330 e. The fourth-order valence-corrected chi connectivity index (χ4v) is 1.49. The number of unbranched alkanes of at least 4 members (excludes halogenated alkanes) is 2. The fraction of sp³-hybridized carbons (Fsp3) is 1.00. The summed E-state index contributed by atoms with van der Waals surface area (Å²) >= 11 is 0. The van der Waals surface area contributed by atoms with Crippen molar-refractivity contribution in [3.8, 4) is 0 Å². The Bertz CT molecular complexity index is 130. The molecule has 20 heavy (non-hydrogen) atoms. The Morgan fingerprint density at radius 2 is 0.700 bits per heavy atom. The third-order valence-corrected chi connectivity index (χ3v) is 2.73. The van der Waals surface area contributed by atoms with Gasteiger partial charge >= 0.3 is 0 Å². The van der Waals surface area contributed by atoms with Crippen molar-refractivity contribution in [3.05, 3.63) is 0 Å². The Balaban J connectivity index is 0. The van der Waals surface area contributed by atoms with Crippen molar-refractivity contribution >= 4 is 0 Å². The molecule has 0 atom stereocenters. The summed E-state index contributed by atoms with van der Waals surface area (Å²) in [5.41, 5.74) is 21.1. The first-order chi connectivity index (χ1) is 9.83. The molecule has 0 bridgehead atoms. The maximum Gasteiger partial charge on any atom is -0.00369 e. The third kappa shape index (κ3) is 26.3. The maximum absolute atomic E-state index is 5.38. The van der Waals surface area contributed by atoms with Gasteiger partial charge in [0.1, 0.15) is 0 Å². The summed E-state index contributed by atoms with van der Waals surface area (Å²) < 4.78 is 0. The van der Waals surface area contributed by atoms with Gasteiger partial charge in [0, 0.05) is 0 Å². The molecule has 0 aromatic heterocycles.